The van der Waals surface area contributed by atoms with E-state index in [1.807, 2.05) is 20.8 Å². The van der Waals surface area contributed by atoms with Crippen LogP contribution in [0.5, 0.6) is 0 Å². The number of nitrogens with zero attached hydrogens (tertiary/aromatic N) is 2. The Hall–Kier alpha value is -1.89. The van der Waals surface area contributed by atoms with Gasteiger partial charge in [-0.05, 0) is 33.7 Å². The Labute approximate surface area is 129 Å². The first-order valence-corrected chi connectivity index (χ1v) is 7.74. The van der Waals surface area contributed by atoms with Crippen LogP contribution in [0.1, 0.15) is 38.4 Å². The van der Waals surface area contributed by atoms with E-state index in [0.717, 1.165) is 30.8 Å². The zero-order chi connectivity index (χ0) is 15.9. The van der Waals surface area contributed by atoms with Crippen LogP contribution in [0.15, 0.2) is 0 Å². The van der Waals surface area contributed by atoms with Crippen molar-refractivity contribution in [3.05, 3.63) is 11.3 Å². The minimum absolute atomic E-state index is 0.0425. The van der Waals surface area contributed by atoms with Crippen molar-refractivity contribution in [3.63, 3.8) is 0 Å². The number of hydrogen-bond donors (Lipinski definition) is 3. The van der Waals surface area contributed by atoms with Crippen LogP contribution in [-0.2, 0) is 22.6 Å². The molecule has 2 aliphatic rings. The summed E-state index contributed by atoms with van der Waals surface area (Å²) in [6.45, 7) is 8.07. The number of aromatic amines is 1. The lowest BCUT2D eigenvalue weighted by molar-refractivity contribution is -0.131. The van der Waals surface area contributed by atoms with Gasteiger partial charge < -0.3 is 15.5 Å². The number of nitrogens with one attached hydrogen (secondary N) is 3. The molecule has 3 heterocycles. The standard InChI is InChI=1S/C15H23N5O2/c1-15(2,3)20-8-9(6-12(20)21)14(22)17-13-10-4-5-16-7-11(10)18-19-13/h9,16H,4-8H2,1-3H3,(H2,17,18,19,22). The third-order valence-electron chi connectivity index (χ3n) is 4.35. The summed E-state index contributed by atoms with van der Waals surface area (Å²) in [5, 5.41) is 13.3. The number of rotatable bonds is 2. The van der Waals surface area contributed by atoms with Crippen molar-refractivity contribution in [2.75, 3.05) is 18.4 Å². The third-order valence-corrected chi connectivity index (χ3v) is 4.35. The van der Waals surface area contributed by atoms with Crippen molar-refractivity contribution in [2.45, 2.75) is 45.7 Å². The number of carbonyl (C=O) groups excluding carboxylic acids is 2. The lowest BCUT2D eigenvalue weighted by Gasteiger charge is -2.31. The molecule has 1 atom stereocenters. The maximum absolute atomic E-state index is 12.5. The van der Waals surface area contributed by atoms with Crippen molar-refractivity contribution < 1.29 is 9.59 Å². The van der Waals surface area contributed by atoms with Gasteiger partial charge in [0.2, 0.25) is 11.8 Å². The first-order valence-electron chi connectivity index (χ1n) is 7.74. The molecule has 0 saturated carbocycles. The van der Waals surface area contributed by atoms with E-state index >= 15 is 0 Å². The van der Waals surface area contributed by atoms with Crippen molar-refractivity contribution in [3.8, 4) is 0 Å². The Morgan fingerprint density at radius 1 is 1.41 bits per heavy atom. The van der Waals surface area contributed by atoms with E-state index in [9.17, 15) is 9.59 Å². The lowest BCUT2D eigenvalue weighted by atomic mass is 10.1. The minimum atomic E-state index is -0.305. The van der Waals surface area contributed by atoms with Crippen LogP contribution in [0.2, 0.25) is 0 Å². The molecule has 1 unspecified atom stereocenters. The zero-order valence-corrected chi connectivity index (χ0v) is 13.3. The van der Waals surface area contributed by atoms with Crippen molar-refractivity contribution in [1.29, 1.82) is 0 Å². The highest BCUT2D eigenvalue weighted by Crippen LogP contribution is 2.27. The van der Waals surface area contributed by atoms with E-state index in [4.69, 9.17) is 0 Å². The summed E-state index contributed by atoms with van der Waals surface area (Å²) in [6.07, 6.45) is 1.12. The summed E-state index contributed by atoms with van der Waals surface area (Å²) < 4.78 is 0. The topological polar surface area (TPSA) is 90.1 Å². The van der Waals surface area contributed by atoms with E-state index in [1.54, 1.807) is 4.90 Å². The molecule has 3 N–H and O–H groups in total. The van der Waals surface area contributed by atoms with Gasteiger partial charge in [-0.15, -0.1) is 0 Å². The van der Waals surface area contributed by atoms with E-state index in [0.29, 0.717) is 12.4 Å². The Kier molecular flexibility index (Phi) is 3.68. The van der Waals surface area contributed by atoms with Crippen molar-refractivity contribution in [2.24, 2.45) is 5.92 Å². The summed E-state index contributed by atoms with van der Waals surface area (Å²) in [4.78, 5) is 26.3. The van der Waals surface area contributed by atoms with Gasteiger partial charge in [-0.2, -0.15) is 5.10 Å². The highest BCUT2D eigenvalue weighted by Gasteiger charge is 2.39. The number of carbonyl (C=O) groups is 2. The fraction of sp³-hybridized carbons (Fsp3) is 0.667. The second kappa shape index (κ2) is 5.39. The number of fused-ring (bicyclic) bond motifs is 1. The van der Waals surface area contributed by atoms with Gasteiger partial charge in [-0.25, -0.2) is 0 Å². The number of hydrogen-bond acceptors (Lipinski definition) is 4. The minimum Gasteiger partial charge on any atom is -0.337 e. The Balaban J connectivity index is 1.68. The largest absolute Gasteiger partial charge is 0.337 e. The van der Waals surface area contributed by atoms with Crippen molar-refractivity contribution >= 4 is 17.6 Å². The molecule has 0 bridgehead atoms. The van der Waals surface area contributed by atoms with Crippen LogP contribution in [0, 0.1) is 5.92 Å². The third kappa shape index (κ3) is 2.72. The SMILES string of the molecule is CC(C)(C)N1CC(C(=O)Nc2n[nH]c3c2CCNC3)CC1=O. The summed E-state index contributed by atoms with van der Waals surface area (Å²) in [5.41, 5.74) is 1.85. The number of anilines is 1. The molecule has 0 aliphatic carbocycles. The van der Waals surface area contributed by atoms with E-state index in [2.05, 4.69) is 20.8 Å². The van der Waals surface area contributed by atoms with Crippen LogP contribution in [-0.4, -0.2) is 45.5 Å². The van der Waals surface area contributed by atoms with Gasteiger partial charge >= 0.3 is 0 Å². The summed E-state index contributed by atoms with van der Waals surface area (Å²) in [7, 11) is 0. The molecule has 7 nitrogen and oxygen atoms in total. The molecule has 120 valence electrons. The molecular formula is C15H23N5O2. The molecule has 2 amide bonds. The monoisotopic (exact) mass is 305 g/mol. The van der Waals surface area contributed by atoms with Gasteiger partial charge in [0, 0.05) is 30.6 Å². The fourth-order valence-corrected chi connectivity index (χ4v) is 3.10. The van der Waals surface area contributed by atoms with Gasteiger partial charge in [0.25, 0.3) is 0 Å². The molecule has 3 rings (SSSR count). The van der Waals surface area contributed by atoms with Gasteiger partial charge in [-0.1, -0.05) is 0 Å². The van der Waals surface area contributed by atoms with Crippen LogP contribution < -0.4 is 10.6 Å². The number of H-pyrrole nitrogens is 1. The van der Waals surface area contributed by atoms with E-state index < -0.39 is 0 Å². The lowest BCUT2D eigenvalue weighted by Crippen LogP contribution is -2.42. The predicted molar refractivity (Wildman–Crippen MR) is 82.2 cm³/mol. The fourth-order valence-electron chi connectivity index (χ4n) is 3.10. The maximum atomic E-state index is 12.5. The maximum Gasteiger partial charge on any atom is 0.231 e. The van der Waals surface area contributed by atoms with E-state index in [1.165, 1.54) is 0 Å². The van der Waals surface area contributed by atoms with Gasteiger partial charge in [0.1, 0.15) is 0 Å². The quantitative estimate of drug-likeness (QED) is 0.748. The van der Waals surface area contributed by atoms with Crippen LogP contribution in [0.4, 0.5) is 5.82 Å². The second-order valence-corrected chi connectivity index (χ2v) is 7.02. The second-order valence-electron chi connectivity index (χ2n) is 7.02. The zero-order valence-electron chi connectivity index (χ0n) is 13.3. The molecule has 1 aromatic heterocycles. The molecule has 7 heteroatoms. The van der Waals surface area contributed by atoms with Gasteiger partial charge in [0.05, 0.1) is 11.6 Å². The molecule has 1 aromatic rings. The normalized spacial score (nSPS) is 21.9. The van der Waals surface area contributed by atoms with Crippen LogP contribution in [0.3, 0.4) is 0 Å². The molecular weight excluding hydrogens is 282 g/mol. The highest BCUT2D eigenvalue weighted by atomic mass is 16.2. The average molecular weight is 305 g/mol. The Bertz CT molecular complexity index is 602. The summed E-state index contributed by atoms with van der Waals surface area (Å²) >= 11 is 0. The van der Waals surface area contributed by atoms with Crippen molar-refractivity contribution in [1.82, 2.24) is 20.4 Å². The Morgan fingerprint density at radius 2 is 2.18 bits per heavy atom. The predicted octanol–water partition coefficient (Wildman–Crippen LogP) is 0.641. The Morgan fingerprint density at radius 3 is 2.86 bits per heavy atom. The molecule has 0 aromatic carbocycles. The van der Waals surface area contributed by atoms with E-state index in [-0.39, 0.29) is 29.7 Å². The first kappa shape index (κ1) is 15.0. The smallest absolute Gasteiger partial charge is 0.231 e. The number of amides is 2. The molecule has 2 aliphatic heterocycles. The summed E-state index contributed by atoms with van der Waals surface area (Å²) in [5.74, 6) is 0.234. The molecule has 0 radical (unpaired) electrons. The summed E-state index contributed by atoms with van der Waals surface area (Å²) in [6, 6.07) is 0. The molecule has 1 saturated heterocycles. The van der Waals surface area contributed by atoms with Crippen LogP contribution in [0.25, 0.3) is 0 Å². The van der Waals surface area contributed by atoms with Crippen LogP contribution >= 0.6 is 0 Å². The molecule has 1 fully saturated rings. The molecule has 22 heavy (non-hydrogen) atoms. The number of likely N-dealkylation sites (tertiary alicyclic amines) is 1. The van der Waals surface area contributed by atoms with Gasteiger partial charge in [-0.3, -0.25) is 14.7 Å². The highest BCUT2D eigenvalue weighted by molar-refractivity contribution is 5.97. The molecule has 0 spiro atoms. The average Bonchev–Trinajstić information content (AvgIpc) is 3.03. The first-order chi connectivity index (χ1) is 10.4. The van der Waals surface area contributed by atoms with Gasteiger partial charge in [0.15, 0.2) is 5.82 Å². The number of aromatic nitrogens is 2.